The number of hydrogen-bond acceptors (Lipinski definition) is 10. The van der Waals surface area contributed by atoms with Crippen LogP contribution in [0.2, 0.25) is 0 Å². The van der Waals surface area contributed by atoms with E-state index in [1.165, 1.54) is 260 Å². The Balaban J connectivity index is 0.00000149. The Bertz CT molecular complexity index is 4620. The van der Waals surface area contributed by atoms with Crippen molar-refractivity contribution < 1.29 is 0 Å². The zero-order chi connectivity index (χ0) is 89.8. The maximum atomic E-state index is 3.51. The van der Waals surface area contributed by atoms with E-state index in [9.17, 15) is 0 Å². The van der Waals surface area contributed by atoms with Gasteiger partial charge in [0.1, 0.15) is 0 Å². The summed E-state index contributed by atoms with van der Waals surface area (Å²) in [5, 5.41) is 34.4. The fourth-order valence-corrected chi connectivity index (χ4v) is 18.8. The molecule has 0 fully saturated rings. The Hall–Kier alpha value is -9.80. The number of fused-ring (bicyclic) bond motifs is 10. The quantitative estimate of drug-likeness (QED) is 0.0648. The van der Waals surface area contributed by atoms with Gasteiger partial charge in [0.2, 0.25) is 0 Å². The van der Waals surface area contributed by atoms with Crippen LogP contribution >= 0.6 is 0 Å². The first-order chi connectivity index (χ1) is 60.8. The summed E-state index contributed by atoms with van der Waals surface area (Å²) in [4.78, 5) is 0. The molecule has 10 aliphatic rings. The van der Waals surface area contributed by atoms with Gasteiger partial charge in [-0.15, -0.1) is 0 Å². The van der Waals surface area contributed by atoms with Gasteiger partial charge in [0, 0.05) is 122 Å². The van der Waals surface area contributed by atoms with E-state index >= 15 is 0 Å². The zero-order valence-corrected chi connectivity index (χ0v) is 81.5. The largest absolute Gasteiger partial charge is 0.385 e. The molecule has 0 unspecified atom stereocenters. The van der Waals surface area contributed by atoms with Crippen LogP contribution in [0.5, 0.6) is 0 Å². The van der Waals surface area contributed by atoms with Gasteiger partial charge in [-0.25, -0.2) is 0 Å². The summed E-state index contributed by atoms with van der Waals surface area (Å²) < 4.78 is 0. The second kappa shape index (κ2) is 63.7. The molecule has 10 heteroatoms. The molecular weight excluding hydrogens is 1670 g/mol. The highest BCUT2D eigenvalue weighted by atomic mass is 14.9. The topological polar surface area (TPSA) is 120 Å². The van der Waals surface area contributed by atoms with Gasteiger partial charge in [0.05, 0.1) is 0 Å². The van der Waals surface area contributed by atoms with Crippen LogP contribution in [0.25, 0.3) is 0 Å². The molecule has 10 aliphatic heterocycles. The third kappa shape index (κ3) is 36.4. The molecule has 10 aromatic carbocycles. The van der Waals surface area contributed by atoms with Crippen LogP contribution < -0.4 is 53.2 Å². The first-order valence-electron chi connectivity index (χ1n) is 49.4. The van der Waals surface area contributed by atoms with Gasteiger partial charge < -0.3 is 53.2 Å². The van der Waals surface area contributed by atoms with Crippen molar-refractivity contribution in [3.63, 3.8) is 0 Å². The number of para-hydroxylation sites is 2. The van der Waals surface area contributed by atoms with Crippen LogP contribution in [0.3, 0.4) is 0 Å². The number of rotatable bonds is 10. The van der Waals surface area contributed by atoms with Crippen molar-refractivity contribution in [2.45, 2.75) is 382 Å². The van der Waals surface area contributed by atoms with Crippen LogP contribution in [0.4, 0.5) is 56.9 Å². The smallest absolute Gasteiger partial charge is 0.0408 e. The number of hydrogen-bond donors (Lipinski definition) is 10. The number of aryl methyl sites for hydroxylation is 4. The van der Waals surface area contributed by atoms with E-state index in [-0.39, 0.29) is 81.7 Å². The first kappa shape index (κ1) is 127. The van der Waals surface area contributed by atoms with E-state index in [1.54, 1.807) is 11.1 Å². The van der Waals surface area contributed by atoms with E-state index < -0.39 is 0 Å². The Kier molecular flexibility index (Phi) is 59.2. The van der Waals surface area contributed by atoms with Crippen molar-refractivity contribution in [1.29, 1.82) is 0 Å². The number of benzene rings is 10. The molecule has 0 saturated heterocycles. The fraction of sp³-hybridized carbons (Fsp3) is 0.528. The second-order valence-electron chi connectivity index (χ2n) is 39.4. The minimum Gasteiger partial charge on any atom is -0.385 e. The Labute approximate surface area is 845 Å². The van der Waals surface area contributed by atoms with Gasteiger partial charge in [-0.3, -0.25) is 0 Å². The van der Waals surface area contributed by atoms with E-state index in [1.807, 2.05) is 0 Å². The monoisotopic (exact) mass is 1870 g/mol. The third-order valence-corrected chi connectivity index (χ3v) is 26.5. The lowest BCUT2D eigenvalue weighted by atomic mass is 9.91. The van der Waals surface area contributed by atoms with Crippen molar-refractivity contribution >= 4 is 56.9 Å². The lowest BCUT2D eigenvalue weighted by molar-refractivity contribution is 0.782. The van der Waals surface area contributed by atoms with Crippen LogP contribution in [-0.2, 0) is 64.2 Å². The molecule has 764 valence electrons. The molecule has 137 heavy (non-hydrogen) atoms. The van der Waals surface area contributed by atoms with Crippen LogP contribution in [-0.4, -0.2) is 65.4 Å². The summed E-state index contributed by atoms with van der Waals surface area (Å²) in [5.41, 5.74) is 43.4. The van der Waals surface area contributed by atoms with E-state index in [0.717, 1.165) is 65.4 Å². The summed E-state index contributed by atoms with van der Waals surface area (Å²) in [6.45, 7) is 56.2. The Morgan fingerprint density at radius 2 is 0.387 bits per heavy atom. The Morgan fingerprint density at radius 3 is 0.759 bits per heavy atom. The van der Waals surface area contributed by atoms with Crippen LogP contribution in [0, 0.1) is 0 Å². The van der Waals surface area contributed by atoms with E-state index in [2.05, 4.69) is 374 Å². The molecule has 20 rings (SSSR count). The Morgan fingerprint density at radius 1 is 0.161 bits per heavy atom. The lowest BCUT2D eigenvalue weighted by Gasteiger charge is -2.22. The molecule has 0 amide bonds. The fourth-order valence-electron chi connectivity index (χ4n) is 18.8. The molecule has 10 aromatic rings. The molecule has 0 aromatic heterocycles. The van der Waals surface area contributed by atoms with Crippen molar-refractivity contribution in [2.24, 2.45) is 0 Å². The molecule has 0 aliphatic carbocycles. The molecule has 10 N–H and O–H groups in total. The normalized spacial score (nSPS) is 13.8. The molecule has 10 heterocycles. The summed E-state index contributed by atoms with van der Waals surface area (Å²) >= 11 is 0. The zero-order valence-electron chi connectivity index (χ0n) is 81.5. The SMILES string of the molecule is C.C.C.C.C.C.C.C.C.C.C.CC(C)c1ccc2c(c1)CCCN2.CC(C)c1ccc2c(c1)CCCN2.CC(C)c1ccc2c(c1)CCN2.CC(C)c1ccc2c(c1)NCC2.CC(C)c1ccc2c(c1)NCCC2.CC(C)c1cccc2c1CCCN2.CC(C)c1cccc2c1CCCN2.CC(C)c1cccc2c1CCN2.CC(C)c1cccc2c1NCC2.CC(C)c1cccc2c1NCCC2. The van der Waals surface area contributed by atoms with Gasteiger partial charge in [-0.2, -0.15) is 0 Å². The standard InChI is InChI=1S/6C12H17N.4C11H15N.11CH4/c2*1-9(2)10-5-3-7-12-11(10)6-4-8-13-12;1-9(2)11-7-3-5-10-6-4-8-13-12(10)11;2*1-9(2)10-5-6-12-11(8-10)4-3-7-13-12;1-9(2)11-6-5-10-4-3-7-13-12(10)8-11;1-8(2)9-3-4-11-10(7-9)5-6-12-11;1-8(2)10-4-3-9-5-6-12-11(9)7-10;1-8(2)9-4-3-5-11-10(9)6-7-12-11;1-8(2)10-5-3-4-9-6-7-12-11(9)10;;;;;;;;;;;/h3*3,5,7,9,13H,4,6,8H2,1-2H3;3*5-6,8-9,13H,3-4,7H2,1-2H3;2*3-4,7-8,12H,5-6H2,1-2H3;2*3-5,8,12H,6-7H2,1-2H3;11*1H4. The summed E-state index contributed by atoms with van der Waals surface area (Å²) in [7, 11) is 0. The van der Waals surface area contributed by atoms with Crippen molar-refractivity contribution in [3.8, 4) is 0 Å². The van der Waals surface area contributed by atoms with Crippen molar-refractivity contribution in [1.82, 2.24) is 0 Å². The predicted molar refractivity (Wildman–Crippen MR) is 629 cm³/mol. The van der Waals surface area contributed by atoms with Gasteiger partial charge in [-0.1, -0.05) is 354 Å². The maximum Gasteiger partial charge on any atom is 0.0408 e. The minimum atomic E-state index is 0. The molecular formula is C127H206N10. The highest BCUT2D eigenvalue weighted by Gasteiger charge is 2.22. The van der Waals surface area contributed by atoms with Crippen molar-refractivity contribution in [3.05, 3.63) is 293 Å². The highest BCUT2D eigenvalue weighted by Crippen LogP contribution is 2.38. The second-order valence-corrected chi connectivity index (χ2v) is 39.4. The number of anilines is 10. The summed E-state index contributed by atoms with van der Waals surface area (Å²) in [6, 6.07) is 67.1. The minimum absolute atomic E-state index is 0. The van der Waals surface area contributed by atoms with Crippen LogP contribution in [0.15, 0.2) is 182 Å². The predicted octanol–water partition coefficient (Wildman–Crippen LogP) is 37.1. The summed E-state index contributed by atoms with van der Waals surface area (Å²) in [6.07, 6.45) is 19.9. The third-order valence-electron chi connectivity index (χ3n) is 26.5. The lowest BCUT2D eigenvalue weighted by Crippen LogP contribution is -2.14. The molecule has 0 atom stereocenters. The van der Waals surface area contributed by atoms with E-state index in [4.69, 9.17) is 0 Å². The van der Waals surface area contributed by atoms with E-state index in [0.29, 0.717) is 59.2 Å². The van der Waals surface area contributed by atoms with Gasteiger partial charge in [0.15, 0.2) is 0 Å². The van der Waals surface area contributed by atoms with Crippen molar-refractivity contribution in [2.75, 3.05) is 119 Å². The highest BCUT2D eigenvalue weighted by molar-refractivity contribution is 5.66. The first-order valence-corrected chi connectivity index (χ1v) is 49.4. The van der Waals surface area contributed by atoms with Crippen LogP contribution in [0.1, 0.15) is 429 Å². The molecule has 10 nitrogen and oxygen atoms in total. The molecule has 0 spiro atoms. The van der Waals surface area contributed by atoms with Gasteiger partial charge >= 0.3 is 0 Å². The number of nitrogens with one attached hydrogen (secondary N) is 10. The van der Waals surface area contributed by atoms with Gasteiger partial charge in [-0.05, 0) is 322 Å². The molecule has 0 saturated carbocycles. The maximum absolute atomic E-state index is 3.51. The average molecular weight is 1870 g/mol. The van der Waals surface area contributed by atoms with Gasteiger partial charge in [0.25, 0.3) is 0 Å². The average Bonchev–Trinajstić information content (AvgIpc) is 0.934. The summed E-state index contributed by atoms with van der Waals surface area (Å²) in [5.74, 6) is 6.41. The molecule has 0 radical (unpaired) electrons. The molecule has 0 bridgehead atoms.